The predicted molar refractivity (Wildman–Crippen MR) is 85.1 cm³/mol. The van der Waals surface area contributed by atoms with E-state index < -0.39 is 0 Å². The molecule has 0 saturated heterocycles. The van der Waals surface area contributed by atoms with Crippen molar-refractivity contribution in [2.24, 2.45) is 0 Å². The average molecular weight is 307 g/mol. The molecule has 7 heteroatoms. The maximum atomic E-state index is 12.7. The van der Waals surface area contributed by atoms with Crippen molar-refractivity contribution in [3.8, 4) is 11.4 Å². The SMILES string of the molecule is CCOc1ccc(-n2ccc3c(cnc4ncnn43)c2=O)cc1. The molecule has 0 amide bonds. The Labute approximate surface area is 130 Å². The van der Waals surface area contributed by atoms with Crippen molar-refractivity contribution in [2.45, 2.75) is 6.92 Å². The van der Waals surface area contributed by atoms with Crippen LogP contribution in [0.2, 0.25) is 0 Å². The van der Waals surface area contributed by atoms with E-state index in [0.717, 1.165) is 11.4 Å². The van der Waals surface area contributed by atoms with Crippen LogP contribution in [0, 0.1) is 0 Å². The first-order chi connectivity index (χ1) is 11.3. The molecule has 114 valence electrons. The van der Waals surface area contributed by atoms with Crippen LogP contribution >= 0.6 is 0 Å². The van der Waals surface area contributed by atoms with Crippen molar-refractivity contribution in [3.05, 3.63) is 59.4 Å². The minimum atomic E-state index is -0.156. The minimum absolute atomic E-state index is 0.156. The Morgan fingerprint density at radius 3 is 2.74 bits per heavy atom. The zero-order chi connectivity index (χ0) is 15.8. The highest BCUT2D eigenvalue weighted by Crippen LogP contribution is 2.16. The minimum Gasteiger partial charge on any atom is -0.494 e. The van der Waals surface area contributed by atoms with E-state index in [1.807, 2.05) is 37.3 Å². The fraction of sp³-hybridized carbons (Fsp3) is 0.125. The van der Waals surface area contributed by atoms with Gasteiger partial charge in [0.15, 0.2) is 0 Å². The van der Waals surface area contributed by atoms with Crippen LogP contribution in [0.25, 0.3) is 22.4 Å². The van der Waals surface area contributed by atoms with E-state index in [1.165, 1.54) is 12.5 Å². The van der Waals surface area contributed by atoms with Crippen molar-refractivity contribution in [3.63, 3.8) is 0 Å². The lowest BCUT2D eigenvalue weighted by Crippen LogP contribution is -2.18. The molecular formula is C16H13N5O2. The fourth-order valence-electron chi connectivity index (χ4n) is 2.54. The molecule has 0 unspecified atom stereocenters. The normalized spacial score (nSPS) is 11.2. The Balaban J connectivity index is 1.89. The predicted octanol–water partition coefficient (Wildman–Crippen LogP) is 1.83. The maximum Gasteiger partial charge on any atom is 0.266 e. The summed E-state index contributed by atoms with van der Waals surface area (Å²) in [4.78, 5) is 20.9. The molecule has 0 bridgehead atoms. The molecule has 1 aromatic carbocycles. The molecule has 0 atom stereocenters. The zero-order valence-electron chi connectivity index (χ0n) is 12.4. The number of fused-ring (bicyclic) bond motifs is 3. The molecule has 23 heavy (non-hydrogen) atoms. The monoisotopic (exact) mass is 307 g/mol. The number of rotatable bonds is 3. The van der Waals surface area contributed by atoms with Gasteiger partial charge in [0.25, 0.3) is 11.3 Å². The fourth-order valence-corrected chi connectivity index (χ4v) is 2.54. The second kappa shape index (κ2) is 5.20. The number of hydrogen-bond acceptors (Lipinski definition) is 5. The Morgan fingerprint density at radius 1 is 1.13 bits per heavy atom. The van der Waals surface area contributed by atoms with Crippen molar-refractivity contribution >= 4 is 16.7 Å². The zero-order valence-corrected chi connectivity index (χ0v) is 12.4. The lowest BCUT2D eigenvalue weighted by molar-refractivity contribution is 0.340. The van der Waals surface area contributed by atoms with Gasteiger partial charge in [0.2, 0.25) is 0 Å². The number of benzene rings is 1. The lowest BCUT2D eigenvalue weighted by Gasteiger charge is -2.09. The molecule has 7 nitrogen and oxygen atoms in total. The summed E-state index contributed by atoms with van der Waals surface area (Å²) in [5.41, 5.74) is 1.29. The Bertz CT molecular complexity index is 1050. The first kappa shape index (κ1) is 13.4. The number of aromatic nitrogens is 5. The molecule has 0 N–H and O–H groups in total. The van der Waals surface area contributed by atoms with Gasteiger partial charge in [-0.15, -0.1) is 0 Å². The van der Waals surface area contributed by atoms with Gasteiger partial charge in [-0.2, -0.15) is 14.6 Å². The molecule has 0 radical (unpaired) electrons. The van der Waals surface area contributed by atoms with Gasteiger partial charge in [-0.3, -0.25) is 9.36 Å². The van der Waals surface area contributed by atoms with Gasteiger partial charge in [-0.05, 0) is 37.3 Å². The number of hydrogen-bond donors (Lipinski definition) is 0. The molecule has 0 aliphatic rings. The van der Waals surface area contributed by atoms with E-state index in [-0.39, 0.29) is 5.56 Å². The smallest absolute Gasteiger partial charge is 0.266 e. The molecule has 3 aromatic heterocycles. The Hall–Kier alpha value is -3.22. The van der Waals surface area contributed by atoms with Crippen LogP contribution in [-0.2, 0) is 0 Å². The Morgan fingerprint density at radius 2 is 1.96 bits per heavy atom. The van der Waals surface area contributed by atoms with Gasteiger partial charge in [-0.25, -0.2) is 4.98 Å². The summed E-state index contributed by atoms with van der Waals surface area (Å²) in [5, 5.41) is 4.59. The van der Waals surface area contributed by atoms with Gasteiger partial charge in [-0.1, -0.05) is 0 Å². The van der Waals surface area contributed by atoms with E-state index in [1.54, 1.807) is 15.3 Å². The van der Waals surface area contributed by atoms with Crippen LogP contribution in [0.4, 0.5) is 0 Å². The van der Waals surface area contributed by atoms with E-state index in [0.29, 0.717) is 23.3 Å². The van der Waals surface area contributed by atoms with Crippen LogP contribution in [-0.4, -0.2) is 30.8 Å². The first-order valence-electron chi connectivity index (χ1n) is 7.21. The van der Waals surface area contributed by atoms with Crippen molar-refractivity contribution in [2.75, 3.05) is 6.61 Å². The van der Waals surface area contributed by atoms with Gasteiger partial charge >= 0.3 is 0 Å². The summed E-state index contributed by atoms with van der Waals surface area (Å²) in [6.45, 7) is 2.54. The summed E-state index contributed by atoms with van der Waals surface area (Å²) >= 11 is 0. The van der Waals surface area contributed by atoms with Crippen molar-refractivity contribution in [1.29, 1.82) is 0 Å². The third-order valence-corrected chi connectivity index (χ3v) is 3.60. The van der Waals surface area contributed by atoms with Crippen LogP contribution in [0.5, 0.6) is 5.75 Å². The quantitative estimate of drug-likeness (QED) is 0.577. The van der Waals surface area contributed by atoms with Crippen LogP contribution < -0.4 is 10.3 Å². The second-order valence-electron chi connectivity index (χ2n) is 4.95. The number of nitrogens with zero attached hydrogens (tertiary/aromatic N) is 5. The molecule has 0 aliphatic carbocycles. The number of ether oxygens (including phenoxy) is 1. The van der Waals surface area contributed by atoms with Crippen molar-refractivity contribution < 1.29 is 4.74 Å². The second-order valence-corrected chi connectivity index (χ2v) is 4.95. The summed E-state index contributed by atoms with van der Waals surface area (Å²) in [6, 6.07) is 9.21. The standard InChI is InChI=1S/C16H13N5O2/c1-2-23-12-5-3-11(4-6-12)20-8-7-14-13(15(20)22)9-17-16-18-10-19-21(14)16/h3-10H,2H2,1H3. The van der Waals surface area contributed by atoms with E-state index >= 15 is 0 Å². The molecule has 0 aliphatic heterocycles. The summed E-state index contributed by atoms with van der Waals surface area (Å²) < 4.78 is 8.55. The van der Waals surface area contributed by atoms with E-state index in [9.17, 15) is 4.79 Å². The van der Waals surface area contributed by atoms with Gasteiger partial charge < -0.3 is 4.74 Å². The highest BCUT2D eigenvalue weighted by atomic mass is 16.5. The Kier molecular flexibility index (Phi) is 3.04. The van der Waals surface area contributed by atoms with E-state index in [2.05, 4.69) is 15.1 Å². The largest absolute Gasteiger partial charge is 0.494 e. The lowest BCUT2D eigenvalue weighted by atomic mass is 10.2. The third kappa shape index (κ3) is 2.13. The topological polar surface area (TPSA) is 74.3 Å². The molecule has 4 rings (SSSR count). The van der Waals surface area contributed by atoms with Crippen molar-refractivity contribution in [1.82, 2.24) is 24.1 Å². The summed E-state index contributed by atoms with van der Waals surface area (Å²) in [7, 11) is 0. The highest BCUT2D eigenvalue weighted by molar-refractivity contribution is 5.78. The third-order valence-electron chi connectivity index (χ3n) is 3.60. The van der Waals surface area contributed by atoms with Crippen LogP contribution in [0.15, 0.2) is 53.8 Å². The van der Waals surface area contributed by atoms with Crippen LogP contribution in [0.1, 0.15) is 6.92 Å². The molecule has 0 spiro atoms. The van der Waals surface area contributed by atoms with Gasteiger partial charge in [0.05, 0.1) is 17.5 Å². The average Bonchev–Trinajstić information content (AvgIpc) is 3.05. The number of pyridine rings is 1. The molecule has 0 fully saturated rings. The first-order valence-corrected chi connectivity index (χ1v) is 7.21. The van der Waals surface area contributed by atoms with Gasteiger partial charge in [0.1, 0.15) is 12.1 Å². The highest BCUT2D eigenvalue weighted by Gasteiger charge is 2.09. The summed E-state index contributed by atoms with van der Waals surface area (Å²) in [5.74, 6) is 1.24. The molecule has 4 aromatic rings. The van der Waals surface area contributed by atoms with Crippen LogP contribution in [0.3, 0.4) is 0 Å². The molecular weight excluding hydrogens is 294 g/mol. The maximum absolute atomic E-state index is 12.7. The van der Waals surface area contributed by atoms with Gasteiger partial charge in [0, 0.05) is 18.1 Å². The van der Waals surface area contributed by atoms with E-state index in [4.69, 9.17) is 4.74 Å². The summed E-state index contributed by atoms with van der Waals surface area (Å²) in [6.07, 6.45) is 4.67. The molecule has 3 heterocycles. The molecule has 0 saturated carbocycles.